The van der Waals surface area contributed by atoms with Crippen LogP contribution in [0.25, 0.3) is 10.9 Å². The quantitative estimate of drug-likeness (QED) is 0.416. The van der Waals surface area contributed by atoms with Crippen molar-refractivity contribution in [2.45, 2.75) is 26.8 Å². The number of H-pyrrole nitrogens is 1. The number of guanidine groups is 1. The van der Waals surface area contributed by atoms with E-state index in [4.69, 9.17) is 0 Å². The van der Waals surface area contributed by atoms with E-state index in [1.165, 1.54) is 22.0 Å². The molecule has 0 bridgehead atoms. The number of aryl methyl sites for hydroxylation is 1. The van der Waals surface area contributed by atoms with Crippen molar-refractivity contribution in [2.24, 2.45) is 4.99 Å². The molecule has 158 valence electrons. The van der Waals surface area contributed by atoms with Crippen LogP contribution in [0.5, 0.6) is 0 Å². The Morgan fingerprint density at radius 2 is 1.87 bits per heavy atom. The summed E-state index contributed by atoms with van der Waals surface area (Å²) < 4.78 is 0. The fourth-order valence-electron chi connectivity index (χ4n) is 3.35. The van der Waals surface area contributed by atoms with E-state index >= 15 is 0 Å². The molecule has 0 unspecified atom stereocenters. The second kappa shape index (κ2) is 9.96. The third-order valence-corrected chi connectivity index (χ3v) is 4.98. The first kappa shape index (κ1) is 21.4. The maximum atomic E-state index is 12.0. The number of carbonyl (C=O) groups is 1. The average molecular weight is 406 g/mol. The topological polar surface area (TPSA) is 72.5 Å². The molecule has 0 aliphatic carbocycles. The van der Waals surface area contributed by atoms with Crippen molar-refractivity contribution in [3.63, 3.8) is 0 Å². The molecule has 3 aromatic rings. The predicted octanol–water partition coefficient (Wildman–Crippen LogP) is 3.48. The Morgan fingerprint density at radius 1 is 1.10 bits per heavy atom. The van der Waals surface area contributed by atoms with Gasteiger partial charge in [-0.2, -0.15) is 0 Å². The van der Waals surface area contributed by atoms with Crippen molar-refractivity contribution < 1.29 is 4.79 Å². The number of rotatable bonds is 7. The minimum Gasteiger partial charge on any atom is -0.361 e. The highest BCUT2D eigenvalue weighted by molar-refractivity contribution is 5.93. The summed E-state index contributed by atoms with van der Waals surface area (Å²) in [6, 6.07) is 14.1. The SMILES string of the molecule is CCNC(=NCc1ccc(C(=O)N(C)C)cc1)NCCc1c[nH]c2cc(C)ccc12. The predicted molar refractivity (Wildman–Crippen MR) is 124 cm³/mol. The number of carbonyl (C=O) groups excluding carboxylic acids is 1. The smallest absolute Gasteiger partial charge is 0.253 e. The molecule has 1 heterocycles. The van der Waals surface area contributed by atoms with Gasteiger partial charge >= 0.3 is 0 Å². The van der Waals surface area contributed by atoms with E-state index in [2.05, 4.69) is 58.9 Å². The van der Waals surface area contributed by atoms with Gasteiger partial charge in [0.15, 0.2) is 5.96 Å². The molecule has 6 nitrogen and oxygen atoms in total. The van der Waals surface area contributed by atoms with Crippen molar-refractivity contribution in [3.8, 4) is 0 Å². The normalized spacial score (nSPS) is 11.5. The van der Waals surface area contributed by atoms with Crippen LogP contribution < -0.4 is 10.6 Å². The van der Waals surface area contributed by atoms with E-state index in [0.717, 1.165) is 31.0 Å². The van der Waals surface area contributed by atoms with Crippen molar-refractivity contribution >= 4 is 22.8 Å². The van der Waals surface area contributed by atoms with Crippen molar-refractivity contribution in [1.29, 1.82) is 0 Å². The van der Waals surface area contributed by atoms with E-state index in [1.54, 1.807) is 19.0 Å². The Hall–Kier alpha value is -3.28. The summed E-state index contributed by atoms with van der Waals surface area (Å²) in [5.74, 6) is 0.800. The van der Waals surface area contributed by atoms with Crippen LogP contribution in [0.1, 0.15) is 34.0 Å². The summed E-state index contributed by atoms with van der Waals surface area (Å²) >= 11 is 0. The van der Waals surface area contributed by atoms with Crippen LogP contribution in [0, 0.1) is 6.92 Å². The second-order valence-corrected chi connectivity index (χ2v) is 7.63. The molecule has 0 aliphatic heterocycles. The minimum atomic E-state index is 0.00694. The van der Waals surface area contributed by atoms with Crippen LogP contribution in [0.15, 0.2) is 53.7 Å². The van der Waals surface area contributed by atoms with E-state index in [1.807, 2.05) is 24.3 Å². The summed E-state index contributed by atoms with van der Waals surface area (Å²) in [6.45, 7) is 6.31. The van der Waals surface area contributed by atoms with E-state index < -0.39 is 0 Å². The van der Waals surface area contributed by atoms with Gasteiger partial charge < -0.3 is 20.5 Å². The van der Waals surface area contributed by atoms with Gasteiger partial charge in [-0.15, -0.1) is 0 Å². The lowest BCUT2D eigenvalue weighted by Gasteiger charge is -2.12. The maximum Gasteiger partial charge on any atom is 0.253 e. The summed E-state index contributed by atoms with van der Waals surface area (Å²) in [5.41, 5.74) is 5.49. The summed E-state index contributed by atoms with van der Waals surface area (Å²) in [4.78, 5) is 21.6. The highest BCUT2D eigenvalue weighted by Gasteiger charge is 2.07. The van der Waals surface area contributed by atoms with E-state index in [-0.39, 0.29) is 5.91 Å². The molecule has 3 rings (SSSR count). The van der Waals surface area contributed by atoms with Crippen LogP contribution in [0.4, 0.5) is 0 Å². The monoisotopic (exact) mass is 405 g/mol. The first-order valence-electron chi connectivity index (χ1n) is 10.4. The summed E-state index contributed by atoms with van der Waals surface area (Å²) in [6.07, 6.45) is 3.00. The molecule has 3 N–H and O–H groups in total. The number of aromatic amines is 1. The molecule has 1 amide bonds. The Morgan fingerprint density at radius 3 is 2.57 bits per heavy atom. The highest BCUT2D eigenvalue weighted by atomic mass is 16.2. The Balaban J connectivity index is 1.58. The largest absolute Gasteiger partial charge is 0.361 e. The van der Waals surface area contributed by atoms with E-state index in [0.29, 0.717) is 12.1 Å². The lowest BCUT2D eigenvalue weighted by atomic mass is 10.1. The molecule has 6 heteroatoms. The van der Waals surface area contributed by atoms with Crippen molar-refractivity contribution in [2.75, 3.05) is 27.2 Å². The number of aromatic nitrogens is 1. The molecule has 2 aromatic carbocycles. The number of amides is 1. The third kappa shape index (κ3) is 5.41. The van der Waals surface area contributed by atoms with Crippen molar-refractivity contribution in [1.82, 2.24) is 20.5 Å². The Labute approximate surface area is 178 Å². The number of fused-ring (bicyclic) bond motifs is 1. The Kier molecular flexibility index (Phi) is 7.12. The van der Waals surface area contributed by atoms with Gasteiger partial charge in [-0.05, 0) is 55.2 Å². The third-order valence-electron chi connectivity index (χ3n) is 4.98. The average Bonchev–Trinajstić information content (AvgIpc) is 3.13. The summed E-state index contributed by atoms with van der Waals surface area (Å²) in [7, 11) is 3.51. The van der Waals surface area contributed by atoms with Gasteiger partial charge in [-0.3, -0.25) is 4.79 Å². The lowest BCUT2D eigenvalue weighted by Crippen LogP contribution is -2.38. The fourth-order valence-corrected chi connectivity index (χ4v) is 3.35. The van der Waals surface area contributed by atoms with Crippen LogP contribution >= 0.6 is 0 Å². The molecule has 0 saturated heterocycles. The second-order valence-electron chi connectivity index (χ2n) is 7.63. The number of hydrogen-bond donors (Lipinski definition) is 3. The lowest BCUT2D eigenvalue weighted by molar-refractivity contribution is 0.0827. The van der Waals surface area contributed by atoms with Gasteiger partial charge in [0.2, 0.25) is 0 Å². The number of benzene rings is 2. The zero-order valence-corrected chi connectivity index (χ0v) is 18.2. The molecule has 0 saturated carbocycles. The van der Waals surface area contributed by atoms with Crippen LogP contribution in [-0.4, -0.2) is 48.9 Å². The van der Waals surface area contributed by atoms with Crippen LogP contribution in [-0.2, 0) is 13.0 Å². The standard InChI is InChI=1S/C24H31N5O/c1-5-25-24(28-15-18-7-9-19(10-8-18)23(30)29(3)4)26-13-12-20-16-27-22-14-17(2)6-11-21(20)22/h6-11,14,16,27H,5,12-13,15H2,1-4H3,(H2,25,26,28). The van der Waals surface area contributed by atoms with Gasteiger partial charge in [-0.25, -0.2) is 4.99 Å². The van der Waals surface area contributed by atoms with Gasteiger partial charge in [-0.1, -0.05) is 24.3 Å². The highest BCUT2D eigenvalue weighted by Crippen LogP contribution is 2.19. The zero-order valence-electron chi connectivity index (χ0n) is 18.2. The van der Waals surface area contributed by atoms with Gasteiger partial charge in [0.05, 0.1) is 6.54 Å². The number of nitrogens with zero attached hydrogens (tertiary/aromatic N) is 2. The molecule has 0 radical (unpaired) electrons. The summed E-state index contributed by atoms with van der Waals surface area (Å²) in [5, 5.41) is 7.98. The van der Waals surface area contributed by atoms with Crippen LogP contribution in [0.2, 0.25) is 0 Å². The van der Waals surface area contributed by atoms with Gasteiger partial charge in [0.1, 0.15) is 0 Å². The molecule has 30 heavy (non-hydrogen) atoms. The molecule has 0 spiro atoms. The maximum absolute atomic E-state index is 12.0. The number of aliphatic imine (C=N–C) groups is 1. The number of hydrogen-bond acceptors (Lipinski definition) is 2. The molecular formula is C24H31N5O. The fraction of sp³-hybridized carbons (Fsp3) is 0.333. The first-order chi connectivity index (χ1) is 14.5. The molecule has 0 atom stereocenters. The molecule has 0 aliphatic rings. The van der Waals surface area contributed by atoms with E-state index in [9.17, 15) is 4.79 Å². The molecular weight excluding hydrogens is 374 g/mol. The zero-order chi connectivity index (χ0) is 21.5. The first-order valence-corrected chi connectivity index (χ1v) is 10.4. The van der Waals surface area contributed by atoms with Gasteiger partial charge in [0.25, 0.3) is 5.91 Å². The minimum absolute atomic E-state index is 0.00694. The Bertz CT molecular complexity index is 1020. The number of nitrogens with one attached hydrogen (secondary N) is 3. The van der Waals surface area contributed by atoms with Crippen LogP contribution in [0.3, 0.4) is 0 Å². The molecule has 0 fully saturated rings. The van der Waals surface area contributed by atoms with Crippen molar-refractivity contribution in [3.05, 3.63) is 70.9 Å². The van der Waals surface area contributed by atoms with Gasteiger partial charge in [0, 0.05) is 49.8 Å². The molecule has 1 aromatic heterocycles.